The van der Waals surface area contributed by atoms with Crippen LogP contribution in [0.3, 0.4) is 0 Å². The Bertz CT molecular complexity index is 1430. The van der Waals surface area contributed by atoms with E-state index in [2.05, 4.69) is 10.3 Å². The van der Waals surface area contributed by atoms with Crippen LogP contribution in [0.1, 0.15) is 5.56 Å². The van der Waals surface area contributed by atoms with E-state index in [4.69, 9.17) is 5.26 Å². The first-order valence-electron chi connectivity index (χ1n) is 9.36. The van der Waals surface area contributed by atoms with Crippen molar-refractivity contribution >= 4 is 34.3 Å². The average Bonchev–Trinajstić information content (AvgIpc) is 2.80. The van der Waals surface area contributed by atoms with E-state index in [-0.39, 0.29) is 22.2 Å². The molecule has 0 unspecified atom stereocenters. The van der Waals surface area contributed by atoms with Crippen molar-refractivity contribution in [2.45, 2.75) is 5.16 Å². The van der Waals surface area contributed by atoms with Gasteiger partial charge < -0.3 is 5.32 Å². The van der Waals surface area contributed by atoms with Crippen LogP contribution in [-0.4, -0.2) is 21.2 Å². The minimum absolute atomic E-state index is 0.145. The molecule has 0 bridgehead atoms. The SMILES string of the molecule is N#Cc1ccc(-n2c(SCC(=O)Nc3ccc(F)cc3F)nc3ccccc3c2=O)cc1. The molecule has 0 atom stereocenters. The number of hydrogen-bond acceptors (Lipinski definition) is 5. The third kappa shape index (κ3) is 4.36. The van der Waals surface area contributed by atoms with Crippen LogP contribution in [0.2, 0.25) is 0 Å². The molecule has 0 spiro atoms. The Hall–Kier alpha value is -4.03. The maximum atomic E-state index is 13.8. The minimum Gasteiger partial charge on any atom is -0.323 e. The molecule has 9 heteroatoms. The molecule has 0 radical (unpaired) electrons. The number of thioether (sulfide) groups is 1. The summed E-state index contributed by atoms with van der Waals surface area (Å²) in [5.41, 5.74) is 0.917. The molecule has 1 heterocycles. The van der Waals surface area contributed by atoms with E-state index in [1.165, 1.54) is 4.57 Å². The van der Waals surface area contributed by atoms with Crippen molar-refractivity contribution in [2.24, 2.45) is 0 Å². The Morgan fingerprint density at radius 1 is 1.09 bits per heavy atom. The van der Waals surface area contributed by atoms with Gasteiger partial charge in [-0.2, -0.15) is 5.26 Å². The Morgan fingerprint density at radius 3 is 2.56 bits per heavy atom. The quantitative estimate of drug-likeness (QED) is 0.364. The number of aromatic nitrogens is 2. The van der Waals surface area contributed by atoms with Crippen molar-refractivity contribution in [2.75, 3.05) is 11.1 Å². The van der Waals surface area contributed by atoms with Crippen molar-refractivity contribution in [1.29, 1.82) is 5.26 Å². The molecule has 0 fully saturated rings. The molecule has 0 saturated carbocycles. The molecule has 0 aliphatic carbocycles. The van der Waals surface area contributed by atoms with Crippen LogP contribution in [0, 0.1) is 23.0 Å². The Labute approximate surface area is 185 Å². The first-order valence-corrected chi connectivity index (χ1v) is 10.3. The number of para-hydroxylation sites is 1. The van der Waals surface area contributed by atoms with E-state index in [1.807, 2.05) is 6.07 Å². The number of fused-ring (bicyclic) bond motifs is 1. The predicted molar refractivity (Wildman–Crippen MR) is 118 cm³/mol. The minimum atomic E-state index is -0.887. The normalized spacial score (nSPS) is 10.7. The summed E-state index contributed by atoms with van der Waals surface area (Å²) in [7, 11) is 0. The number of benzene rings is 3. The largest absolute Gasteiger partial charge is 0.323 e. The van der Waals surface area contributed by atoms with Gasteiger partial charge in [-0.3, -0.25) is 14.2 Å². The molecule has 1 amide bonds. The molecule has 1 N–H and O–H groups in total. The van der Waals surface area contributed by atoms with Gasteiger partial charge >= 0.3 is 0 Å². The lowest BCUT2D eigenvalue weighted by molar-refractivity contribution is -0.113. The van der Waals surface area contributed by atoms with Gasteiger partial charge in [0.2, 0.25) is 5.91 Å². The van der Waals surface area contributed by atoms with Crippen molar-refractivity contribution in [3.63, 3.8) is 0 Å². The number of halogens is 2. The Balaban J connectivity index is 1.67. The number of carbonyl (C=O) groups is 1. The topological polar surface area (TPSA) is 87.8 Å². The van der Waals surface area contributed by atoms with Crippen LogP contribution >= 0.6 is 11.8 Å². The maximum absolute atomic E-state index is 13.8. The van der Waals surface area contributed by atoms with E-state index in [0.717, 1.165) is 23.9 Å². The lowest BCUT2D eigenvalue weighted by atomic mass is 10.2. The fourth-order valence-corrected chi connectivity index (χ4v) is 3.84. The second kappa shape index (κ2) is 8.99. The van der Waals surface area contributed by atoms with Crippen LogP contribution in [0.25, 0.3) is 16.6 Å². The van der Waals surface area contributed by atoms with Gasteiger partial charge in [-0.25, -0.2) is 13.8 Å². The van der Waals surface area contributed by atoms with Crippen LogP contribution < -0.4 is 10.9 Å². The number of anilines is 1. The number of rotatable bonds is 5. The molecule has 32 heavy (non-hydrogen) atoms. The van der Waals surface area contributed by atoms with Crippen LogP contribution in [0.5, 0.6) is 0 Å². The van der Waals surface area contributed by atoms with E-state index in [1.54, 1.807) is 48.5 Å². The van der Waals surface area contributed by atoms with Gasteiger partial charge in [0.05, 0.1) is 39.7 Å². The van der Waals surface area contributed by atoms with Gasteiger partial charge in [-0.05, 0) is 48.5 Å². The Morgan fingerprint density at radius 2 is 1.84 bits per heavy atom. The second-order valence-corrected chi connectivity index (χ2v) is 7.61. The fourth-order valence-electron chi connectivity index (χ4n) is 3.03. The van der Waals surface area contributed by atoms with E-state index in [0.29, 0.717) is 28.2 Å². The summed E-state index contributed by atoms with van der Waals surface area (Å²) in [5.74, 6) is -2.35. The zero-order chi connectivity index (χ0) is 22.7. The summed E-state index contributed by atoms with van der Waals surface area (Å²) in [6, 6.07) is 18.1. The van der Waals surface area contributed by atoms with Crippen LogP contribution in [-0.2, 0) is 4.79 Å². The highest BCUT2D eigenvalue weighted by Gasteiger charge is 2.16. The number of nitriles is 1. The van der Waals surface area contributed by atoms with Crippen molar-refractivity contribution < 1.29 is 13.6 Å². The number of carbonyl (C=O) groups excluding carboxylic acids is 1. The molecular weight excluding hydrogens is 434 g/mol. The fraction of sp³-hybridized carbons (Fsp3) is 0.0435. The van der Waals surface area contributed by atoms with Gasteiger partial charge in [0.1, 0.15) is 11.6 Å². The van der Waals surface area contributed by atoms with Crippen molar-refractivity contribution in [3.8, 4) is 11.8 Å². The third-order valence-electron chi connectivity index (χ3n) is 4.54. The van der Waals surface area contributed by atoms with E-state index < -0.39 is 17.5 Å². The van der Waals surface area contributed by atoms with E-state index >= 15 is 0 Å². The third-order valence-corrected chi connectivity index (χ3v) is 5.48. The molecule has 6 nitrogen and oxygen atoms in total. The summed E-state index contributed by atoms with van der Waals surface area (Å²) >= 11 is 0.995. The molecule has 0 saturated heterocycles. The average molecular weight is 448 g/mol. The molecule has 158 valence electrons. The predicted octanol–water partition coefficient (Wildman–Crippen LogP) is 4.27. The highest BCUT2D eigenvalue weighted by Crippen LogP contribution is 2.22. The second-order valence-electron chi connectivity index (χ2n) is 6.67. The van der Waals surface area contributed by atoms with Gasteiger partial charge in [0.25, 0.3) is 5.56 Å². The lowest BCUT2D eigenvalue weighted by Crippen LogP contribution is -2.23. The number of nitrogens with one attached hydrogen (secondary N) is 1. The monoisotopic (exact) mass is 448 g/mol. The van der Waals surface area contributed by atoms with E-state index in [9.17, 15) is 18.4 Å². The van der Waals surface area contributed by atoms with Crippen LogP contribution in [0.4, 0.5) is 14.5 Å². The molecule has 0 aliphatic heterocycles. The molecule has 4 aromatic rings. The summed E-state index contributed by atoms with van der Waals surface area (Å²) < 4.78 is 28.2. The number of amides is 1. The van der Waals surface area contributed by atoms with Gasteiger partial charge in [0.15, 0.2) is 5.16 Å². The van der Waals surface area contributed by atoms with Crippen molar-refractivity contribution in [3.05, 3.63) is 94.3 Å². The highest BCUT2D eigenvalue weighted by atomic mass is 32.2. The first kappa shape index (κ1) is 21.2. The zero-order valence-corrected chi connectivity index (χ0v) is 17.2. The van der Waals surface area contributed by atoms with Crippen LogP contribution in [0.15, 0.2) is 76.7 Å². The molecule has 0 aliphatic rings. The van der Waals surface area contributed by atoms with Crippen molar-refractivity contribution in [1.82, 2.24) is 9.55 Å². The zero-order valence-electron chi connectivity index (χ0n) is 16.4. The van der Waals surface area contributed by atoms with Gasteiger partial charge in [-0.15, -0.1) is 0 Å². The Kier molecular flexibility index (Phi) is 5.96. The van der Waals surface area contributed by atoms with Gasteiger partial charge in [0, 0.05) is 6.07 Å². The summed E-state index contributed by atoms with van der Waals surface area (Å²) in [6.45, 7) is 0. The number of hydrogen-bond donors (Lipinski definition) is 1. The molecular formula is C23H14F2N4O2S. The lowest BCUT2D eigenvalue weighted by Gasteiger charge is -2.13. The maximum Gasteiger partial charge on any atom is 0.266 e. The standard InChI is InChI=1S/C23H14F2N4O2S/c24-15-7-10-20(18(25)11-15)27-21(30)13-32-23-28-19-4-2-1-3-17(19)22(31)29(23)16-8-5-14(12-26)6-9-16/h1-11H,13H2,(H,27,30). The number of nitrogens with zero attached hydrogens (tertiary/aromatic N) is 3. The van der Waals surface area contributed by atoms with Gasteiger partial charge in [-0.1, -0.05) is 23.9 Å². The molecule has 3 aromatic carbocycles. The smallest absolute Gasteiger partial charge is 0.266 e. The highest BCUT2D eigenvalue weighted by molar-refractivity contribution is 7.99. The summed E-state index contributed by atoms with van der Waals surface area (Å²) in [6.07, 6.45) is 0. The summed E-state index contributed by atoms with van der Waals surface area (Å²) in [4.78, 5) is 30.1. The first-order chi connectivity index (χ1) is 15.5. The summed E-state index contributed by atoms with van der Waals surface area (Å²) in [5, 5.41) is 12.1. The molecule has 1 aromatic heterocycles. The molecule has 4 rings (SSSR count).